The van der Waals surface area contributed by atoms with E-state index in [4.69, 9.17) is 4.74 Å². The number of aliphatic hydroxyl groups is 1. The van der Waals surface area contributed by atoms with Crippen molar-refractivity contribution in [2.45, 2.75) is 39.3 Å². The summed E-state index contributed by atoms with van der Waals surface area (Å²) in [7, 11) is 0. The Bertz CT molecular complexity index is 495. The largest absolute Gasteiger partial charge is 0.504 e. The molecule has 5 heteroatoms. The summed E-state index contributed by atoms with van der Waals surface area (Å²) in [6, 6.07) is 5.71. The number of aromatic hydroxyl groups is 1. The zero-order valence-electron chi connectivity index (χ0n) is 14.5. The Hall–Kier alpha value is -1.30. The Morgan fingerprint density at radius 2 is 2.09 bits per heavy atom. The number of phenols is 1. The van der Waals surface area contributed by atoms with Gasteiger partial charge in [-0.15, -0.1) is 0 Å². The van der Waals surface area contributed by atoms with Crippen LogP contribution in [0.5, 0.6) is 11.5 Å². The molecule has 0 saturated carbocycles. The van der Waals surface area contributed by atoms with Gasteiger partial charge in [0.25, 0.3) is 0 Å². The molecule has 1 aliphatic heterocycles. The molecule has 1 heterocycles. The van der Waals surface area contributed by atoms with Crippen LogP contribution in [0.4, 0.5) is 0 Å². The first-order valence-electron chi connectivity index (χ1n) is 8.65. The number of aliphatic hydroxyl groups excluding tert-OH is 1. The quantitative estimate of drug-likeness (QED) is 0.806. The van der Waals surface area contributed by atoms with Crippen LogP contribution < -0.4 is 4.74 Å². The third kappa shape index (κ3) is 4.37. The topological polar surface area (TPSA) is 56.2 Å². The molecular weight excluding hydrogens is 292 g/mol. The van der Waals surface area contributed by atoms with Crippen molar-refractivity contribution in [3.8, 4) is 11.5 Å². The zero-order chi connectivity index (χ0) is 16.8. The highest BCUT2D eigenvalue weighted by Gasteiger charge is 2.30. The maximum atomic E-state index is 9.95. The molecule has 0 bridgehead atoms. The highest BCUT2D eigenvalue weighted by Crippen LogP contribution is 2.32. The third-order valence-electron chi connectivity index (χ3n) is 4.54. The molecule has 2 N–H and O–H groups in total. The van der Waals surface area contributed by atoms with E-state index in [1.54, 1.807) is 6.07 Å². The molecule has 1 aromatic rings. The summed E-state index contributed by atoms with van der Waals surface area (Å²) in [6.45, 7) is 11.0. The molecule has 130 valence electrons. The molecule has 0 radical (unpaired) electrons. The summed E-state index contributed by atoms with van der Waals surface area (Å²) in [6.07, 6.45) is 1.17. The highest BCUT2D eigenvalue weighted by molar-refractivity contribution is 5.43. The zero-order valence-corrected chi connectivity index (χ0v) is 14.5. The number of piperazine rings is 1. The number of phenolic OH excluding ortho intramolecular Hbond substituents is 1. The van der Waals surface area contributed by atoms with Gasteiger partial charge in [-0.05, 0) is 44.5 Å². The summed E-state index contributed by atoms with van der Waals surface area (Å²) in [5, 5.41) is 19.8. The van der Waals surface area contributed by atoms with Gasteiger partial charge in [0, 0.05) is 25.7 Å². The second-order valence-electron chi connectivity index (χ2n) is 6.25. The van der Waals surface area contributed by atoms with E-state index in [0.717, 1.165) is 31.7 Å². The minimum atomic E-state index is -0.0615. The molecule has 1 aromatic carbocycles. The summed E-state index contributed by atoms with van der Waals surface area (Å²) >= 11 is 0. The van der Waals surface area contributed by atoms with Crippen LogP contribution in [0.25, 0.3) is 0 Å². The molecule has 0 aromatic heterocycles. The Kier molecular flexibility index (Phi) is 6.69. The van der Waals surface area contributed by atoms with E-state index < -0.39 is 0 Å². The normalized spacial score (nSPS) is 21.3. The standard InChI is InChI=1S/C18H30N2O3/c1-4-8-19-9-10-20(14(3)12-19)16(13-21)15-6-7-17(22)18(11-15)23-5-2/h6-7,11,14,16,21-22H,4-5,8-10,12-13H2,1-3H3. The van der Waals surface area contributed by atoms with Gasteiger partial charge in [0.2, 0.25) is 0 Å². The first-order valence-corrected chi connectivity index (χ1v) is 8.65. The van der Waals surface area contributed by atoms with E-state index >= 15 is 0 Å². The summed E-state index contributed by atoms with van der Waals surface area (Å²) < 4.78 is 5.48. The first-order chi connectivity index (χ1) is 11.1. The van der Waals surface area contributed by atoms with E-state index in [0.29, 0.717) is 18.4 Å². The molecule has 2 rings (SSSR count). The molecule has 1 saturated heterocycles. The second kappa shape index (κ2) is 8.52. The lowest BCUT2D eigenvalue weighted by Crippen LogP contribution is -2.53. The smallest absolute Gasteiger partial charge is 0.161 e. The van der Waals surface area contributed by atoms with E-state index in [1.165, 1.54) is 6.42 Å². The monoisotopic (exact) mass is 322 g/mol. The van der Waals surface area contributed by atoms with Crippen LogP contribution in [-0.2, 0) is 0 Å². The van der Waals surface area contributed by atoms with E-state index in [-0.39, 0.29) is 18.4 Å². The second-order valence-corrected chi connectivity index (χ2v) is 6.25. The van der Waals surface area contributed by atoms with Gasteiger partial charge in [-0.1, -0.05) is 13.0 Å². The summed E-state index contributed by atoms with van der Waals surface area (Å²) in [4.78, 5) is 4.84. The summed E-state index contributed by atoms with van der Waals surface area (Å²) in [5.74, 6) is 0.633. The average Bonchev–Trinajstić information content (AvgIpc) is 2.53. The maximum absolute atomic E-state index is 9.95. The fourth-order valence-corrected chi connectivity index (χ4v) is 3.44. The van der Waals surface area contributed by atoms with Crippen LogP contribution in [0.15, 0.2) is 18.2 Å². The Labute approximate surface area is 139 Å². The number of hydrogen-bond acceptors (Lipinski definition) is 5. The van der Waals surface area contributed by atoms with Gasteiger partial charge in [0.05, 0.1) is 19.3 Å². The Balaban J connectivity index is 2.15. The Morgan fingerprint density at radius 3 is 2.70 bits per heavy atom. The average molecular weight is 322 g/mol. The molecular formula is C18H30N2O3. The fraction of sp³-hybridized carbons (Fsp3) is 0.667. The van der Waals surface area contributed by atoms with Crippen molar-refractivity contribution in [1.29, 1.82) is 0 Å². The Morgan fingerprint density at radius 1 is 1.30 bits per heavy atom. The molecule has 23 heavy (non-hydrogen) atoms. The minimum Gasteiger partial charge on any atom is -0.504 e. The molecule has 5 nitrogen and oxygen atoms in total. The lowest BCUT2D eigenvalue weighted by atomic mass is 10.0. The molecule has 2 atom stereocenters. The maximum Gasteiger partial charge on any atom is 0.161 e. The van der Waals surface area contributed by atoms with Crippen molar-refractivity contribution >= 4 is 0 Å². The molecule has 1 aliphatic rings. The van der Waals surface area contributed by atoms with Crippen LogP contribution in [0.3, 0.4) is 0 Å². The number of rotatable bonds is 7. The van der Waals surface area contributed by atoms with Crippen LogP contribution >= 0.6 is 0 Å². The molecule has 1 fully saturated rings. The van der Waals surface area contributed by atoms with Gasteiger partial charge < -0.3 is 19.8 Å². The summed E-state index contributed by atoms with van der Waals surface area (Å²) in [5.41, 5.74) is 0.990. The van der Waals surface area contributed by atoms with Gasteiger partial charge in [-0.25, -0.2) is 0 Å². The first kappa shape index (κ1) is 18.0. The van der Waals surface area contributed by atoms with Gasteiger partial charge in [-0.2, -0.15) is 0 Å². The minimum absolute atomic E-state index is 0.0615. The van der Waals surface area contributed by atoms with E-state index in [1.807, 2.05) is 19.1 Å². The van der Waals surface area contributed by atoms with Crippen LogP contribution in [0.2, 0.25) is 0 Å². The van der Waals surface area contributed by atoms with Gasteiger partial charge >= 0.3 is 0 Å². The molecule has 0 spiro atoms. The molecule has 2 unspecified atom stereocenters. The lowest BCUT2D eigenvalue weighted by Gasteiger charge is -2.43. The van der Waals surface area contributed by atoms with Crippen molar-refractivity contribution in [3.05, 3.63) is 23.8 Å². The van der Waals surface area contributed by atoms with Crippen LogP contribution in [0, 0.1) is 0 Å². The predicted molar refractivity (Wildman–Crippen MR) is 92.0 cm³/mol. The molecule has 0 amide bonds. The lowest BCUT2D eigenvalue weighted by molar-refractivity contribution is 0.0252. The van der Waals surface area contributed by atoms with Crippen molar-refractivity contribution in [2.24, 2.45) is 0 Å². The molecule has 0 aliphatic carbocycles. The van der Waals surface area contributed by atoms with Gasteiger partial charge in [-0.3, -0.25) is 4.90 Å². The number of nitrogens with zero attached hydrogens (tertiary/aromatic N) is 2. The van der Waals surface area contributed by atoms with Crippen molar-refractivity contribution in [2.75, 3.05) is 39.4 Å². The number of hydrogen-bond donors (Lipinski definition) is 2. The third-order valence-corrected chi connectivity index (χ3v) is 4.54. The van der Waals surface area contributed by atoms with E-state index in [9.17, 15) is 10.2 Å². The van der Waals surface area contributed by atoms with Crippen molar-refractivity contribution in [1.82, 2.24) is 9.80 Å². The van der Waals surface area contributed by atoms with Gasteiger partial charge in [0.1, 0.15) is 0 Å². The van der Waals surface area contributed by atoms with Crippen molar-refractivity contribution in [3.63, 3.8) is 0 Å². The van der Waals surface area contributed by atoms with Crippen LogP contribution in [-0.4, -0.2) is 65.4 Å². The fourth-order valence-electron chi connectivity index (χ4n) is 3.44. The number of benzene rings is 1. The van der Waals surface area contributed by atoms with Gasteiger partial charge in [0.15, 0.2) is 11.5 Å². The number of ether oxygens (including phenoxy) is 1. The SMILES string of the molecule is CCCN1CCN(C(CO)c2ccc(O)c(OCC)c2)C(C)C1. The van der Waals surface area contributed by atoms with Crippen molar-refractivity contribution < 1.29 is 14.9 Å². The van der Waals surface area contributed by atoms with Crippen LogP contribution in [0.1, 0.15) is 38.8 Å². The predicted octanol–water partition coefficient (Wildman–Crippen LogP) is 2.24. The van der Waals surface area contributed by atoms with E-state index in [2.05, 4.69) is 23.6 Å². The highest BCUT2D eigenvalue weighted by atomic mass is 16.5.